The molecule has 0 bridgehead atoms. The van der Waals surface area contributed by atoms with E-state index in [0.717, 1.165) is 6.42 Å². The molecule has 128 valence electrons. The van der Waals surface area contributed by atoms with Crippen LogP contribution in [-0.2, 0) is 16.0 Å². The number of nitrogens with two attached hydrogens (primary N) is 1. The number of rotatable bonds is 7. The van der Waals surface area contributed by atoms with Crippen LogP contribution in [0.25, 0.3) is 0 Å². The fraction of sp³-hybridized carbons (Fsp3) is 0.444. The van der Waals surface area contributed by atoms with E-state index < -0.39 is 0 Å². The van der Waals surface area contributed by atoms with Crippen LogP contribution < -0.4 is 10.5 Å². The Kier molecular flexibility index (Phi) is 6.36. The first-order valence-electron chi connectivity index (χ1n) is 7.90. The van der Waals surface area contributed by atoms with E-state index in [1.807, 2.05) is 31.1 Å². The number of nitrogen functional groups attached to an aromatic ring is 1. The second-order valence-corrected chi connectivity index (χ2v) is 6.07. The van der Waals surface area contributed by atoms with E-state index in [2.05, 4.69) is 0 Å². The first kappa shape index (κ1) is 18.0. The normalized spacial score (nSPS) is 17.3. The fourth-order valence-corrected chi connectivity index (χ4v) is 2.41. The van der Waals surface area contributed by atoms with Crippen LogP contribution in [0.15, 0.2) is 24.3 Å². The number of allylic oxidation sites excluding steroid dienone is 1. The topological polar surface area (TPSA) is 88.6 Å². The molecular weight excluding hydrogens is 306 g/mol. The fourth-order valence-electron chi connectivity index (χ4n) is 2.41. The number of nitriles is 1. The zero-order valence-corrected chi connectivity index (χ0v) is 14.1. The van der Waals surface area contributed by atoms with Crippen LogP contribution in [0.4, 0.5) is 5.69 Å². The van der Waals surface area contributed by atoms with Gasteiger partial charge in [0.2, 0.25) is 0 Å². The highest BCUT2D eigenvalue weighted by Crippen LogP contribution is 2.28. The summed E-state index contributed by atoms with van der Waals surface area (Å²) in [6.45, 7) is 1.88. The Morgan fingerprint density at radius 3 is 2.96 bits per heavy atom. The van der Waals surface area contributed by atoms with Crippen molar-refractivity contribution in [1.29, 1.82) is 5.26 Å². The van der Waals surface area contributed by atoms with Gasteiger partial charge < -0.3 is 20.1 Å². The van der Waals surface area contributed by atoms with Crippen LogP contribution in [-0.4, -0.2) is 50.6 Å². The summed E-state index contributed by atoms with van der Waals surface area (Å²) in [5.74, 6) is 0.509. The van der Waals surface area contributed by atoms with Crippen molar-refractivity contribution >= 4 is 11.5 Å². The van der Waals surface area contributed by atoms with E-state index >= 15 is 0 Å². The van der Waals surface area contributed by atoms with Crippen molar-refractivity contribution in [2.24, 2.45) is 0 Å². The van der Waals surface area contributed by atoms with Crippen molar-refractivity contribution in [2.75, 3.05) is 39.6 Å². The first-order chi connectivity index (χ1) is 11.5. The van der Waals surface area contributed by atoms with Crippen molar-refractivity contribution in [3.63, 3.8) is 0 Å². The number of hydrogen-bond acceptors (Lipinski definition) is 6. The van der Waals surface area contributed by atoms with Crippen molar-refractivity contribution in [1.82, 2.24) is 4.90 Å². The molecule has 1 unspecified atom stereocenters. The lowest BCUT2D eigenvalue weighted by atomic mass is 10.0. The average molecular weight is 329 g/mol. The minimum atomic E-state index is -0.0459. The maximum Gasteiger partial charge on any atom is 0.159 e. The van der Waals surface area contributed by atoms with Crippen LogP contribution in [0.1, 0.15) is 17.5 Å². The number of benzene rings is 1. The number of likely N-dealkylation sites (N-methyl/N-ethyl adjacent to an activating group) is 1. The molecule has 6 heteroatoms. The van der Waals surface area contributed by atoms with Gasteiger partial charge in [-0.25, -0.2) is 0 Å². The molecule has 1 aromatic carbocycles. The molecular formula is C18H23N3O3. The van der Waals surface area contributed by atoms with E-state index in [4.69, 9.17) is 20.5 Å². The van der Waals surface area contributed by atoms with Crippen molar-refractivity contribution in [3.05, 3.63) is 35.4 Å². The Morgan fingerprint density at radius 1 is 1.54 bits per heavy atom. The third kappa shape index (κ3) is 5.08. The second-order valence-electron chi connectivity index (χ2n) is 6.07. The highest BCUT2D eigenvalue weighted by molar-refractivity contribution is 5.92. The molecule has 6 nitrogen and oxygen atoms in total. The Labute approximate surface area is 142 Å². The van der Waals surface area contributed by atoms with Gasteiger partial charge in [-0.3, -0.25) is 4.79 Å². The molecule has 2 rings (SSSR count). The molecule has 1 aromatic rings. The number of anilines is 1. The molecule has 1 aliphatic heterocycles. The van der Waals surface area contributed by atoms with Crippen molar-refractivity contribution in [3.8, 4) is 11.8 Å². The van der Waals surface area contributed by atoms with Crippen LogP contribution >= 0.6 is 0 Å². The smallest absolute Gasteiger partial charge is 0.159 e. The van der Waals surface area contributed by atoms with Crippen molar-refractivity contribution < 1.29 is 14.3 Å². The molecule has 24 heavy (non-hydrogen) atoms. The van der Waals surface area contributed by atoms with Gasteiger partial charge in [-0.15, -0.1) is 0 Å². The standard InChI is InChI=1S/C18H23N3O3/c1-21(2)6-3-4-15(22)9-13-8-14(11-19)17(20)10-18(13)24-16-5-7-23-12-16/h3-4,8,10,16H,5-7,9,12,20H2,1-2H3/b4-3+. The van der Waals surface area contributed by atoms with Gasteiger partial charge in [-0.1, -0.05) is 6.08 Å². The first-order valence-corrected chi connectivity index (χ1v) is 7.90. The summed E-state index contributed by atoms with van der Waals surface area (Å²) >= 11 is 0. The summed E-state index contributed by atoms with van der Waals surface area (Å²) in [5, 5.41) is 9.16. The van der Waals surface area contributed by atoms with Crippen molar-refractivity contribution in [2.45, 2.75) is 18.9 Å². The summed E-state index contributed by atoms with van der Waals surface area (Å²) in [7, 11) is 3.87. The van der Waals surface area contributed by atoms with Gasteiger partial charge in [0, 0.05) is 31.0 Å². The number of hydrogen-bond donors (Lipinski definition) is 1. The lowest BCUT2D eigenvalue weighted by Gasteiger charge is -2.16. The molecule has 0 amide bonds. The molecule has 0 aromatic heterocycles. The third-order valence-corrected chi connectivity index (χ3v) is 3.67. The highest BCUT2D eigenvalue weighted by Gasteiger charge is 2.20. The Balaban J connectivity index is 2.17. The minimum Gasteiger partial charge on any atom is -0.488 e. The van der Waals surface area contributed by atoms with E-state index in [0.29, 0.717) is 42.3 Å². The summed E-state index contributed by atoms with van der Waals surface area (Å²) < 4.78 is 11.2. The van der Waals surface area contributed by atoms with Gasteiger partial charge in [0.1, 0.15) is 17.9 Å². The lowest BCUT2D eigenvalue weighted by Crippen LogP contribution is -2.17. The monoisotopic (exact) mass is 329 g/mol. The zero-order valence-electron chi connectivity index (χ0n) is 14.1. The molecule has 1 heterocycles. The summed E-state index contributed by atoms with van der Waals surface area (Å²) in [6.07, 6.45) is 4.30. The maximum atomic E-state index is 12.2. The van der Waals surface area contributed by atoms with E-state index in [1.165, 1.54) is 0 Å². The van der Waals surface area contributed by atoms with E-state index in [1.54, 1.807) is 18.2 Å². The number of carbonyl (C=O) groups excluding carboxylic acids is 1. The van der Waals surface area contributed by atoms with Crippen LogP contribution in [0.5, 0.6) is 5.75 Å². The summed E-state index contributed by atoms with van der Waals surface area (Å²) in [5.41, 5.74) is 7.26. The van der Waals surface area contributed by atoms with Crippen LogP contribution in [0.2, 0.25) is 0 Å². The number of nitrogens with zero attached hydrogens (tertiary/aromatic N) is 2. The molecule has 0 aliphatic carbocycles. The largest absolute Gasteiger partial charge is 0.488 e. The van der Waals surface area contributed by atoms with Gasteiger partial charge in [0.15, 0.2) is 5.78 Å². The van der Waals surface area contributed by atoms with Gasteiger partial charge in [-0.2, -0.15) is 5.26 Å². The molecule has 1 aliphatic rings. The number of ketones is 1. The minimum absolute atomic E-state index is 0.0435. The predicted molar refractivity (Wildman–Crippen MR) is 91.8 cm³/mol. The molecule has 2 N–H and O–H groups in total. The molecule has 1 fully saturated rings. The maximum absolute atomic E-state index is 12.2. The molecule has 1 saturated heterocycles. The lowest BCUT2D eigenvalue weighted by molar-refractivity contribution is -0.114. The Hall–Kier alpha value is -2.36. The number of carbonyl (C=O) groups is 1. The van der Waals surface area contributed by atoms with Gasteiger partial charge in [0.05, 0.1) is 24.5 Å². The average Bonchev–Trinajstić information content (AvgIpc) is 3.02. The van der Waals surface area contributed by atoms with Crippen LogP contribution in [0.3, 0.4) is 0 Å². The second kappa shape index (κ2) is 8.48. The zero-order chi connectivity index (χ0) is 17.5. The number of ether oxygens (including phenoxy) is 2. The third-order valence-electron chi connectivity index (χ3n) is 3.67. The van der Waals surface area contributed by atoms with Gasteiger partial charge in [0.25, 0.3) is 0 Å². The van der Waals surface area contributed by atoms with Gasteiger partial charge in [-0.05, 0) is 26.2 Å². The molecule has 0 spiro atoms. The highest BCUT2D eigenvalue weighted by atomic mass is 16.5. The van der Waals surface area contributed by atoms with Crippen LogP contribution in [0, 0.1) is 11.3 Å². The summed E-state index contributed by atoms with van der Waals surface area (Å²) in [4.78, 5) is 14.1. The Bertz CT molecular complexity index is 656. The van der Waals surface area contributed by atoms with E-state index in [9.17, 15) is 4.79 Å². The molecule has 1 atom stereocenters. The molecule has 0 radical (unpaired) electrons. The summed E-state index contributed by atoms with van der Waals surface area (Å²) in [6, 6.07) is 5.31. The SMILES string of the molecule is CN(C)C/C=C/C(=O)Cc1cc(C#N)c(N)cc1OC1CCOC1. The Morgan fingerprint density at radius 2 is 2.33 bits per heavy atom. The van der Waals surface area contributed by atoms with E-state index in [-0.39, 0.29) is 18.3 Å². The quantitative estimate of drug-likeness (QED) is 0.603. The molecule has 0 saturated carbocycles. The predicted octanol–water partition coefficient (Wildman–Crippen LogP) is 1.54. The van der Waals surface area contributed by atoms with Gasteiger partial charge >= 0.3 is 0 Å².